The summed E-state index contributed by atoms with van der Waals surface area (Å²) in [5.41, 5.74) is 0.375. The maximum Gasteiger partial charge on any atom is 0.420 e. The highest BCUT2D eigenvalue weighted by Crippen LogP contribution is 2.25. The van der Waals surface area contributed by atoms with Crippen molar-refractivity contribution in [1.29, 1.82) is 0 Å². The number of hydrogen-bond acceptors (Lipinski definition) is 11. The molecule has 1 aliphatic heterocycles. The summed E-state index contributed by atoms with van der Waals surface area (Å²) < 4.78 is 15.9. The number of carbonyl (C=O) groups is 3. The van der Waals surface area contributed by atoms with Crippen LogP contribution in [0.2, 0.25) is 0 Å². The third kappa shape index (κ3) is 11.5. The van der Waals surface area contributed by atoms with E-state index in [1.165, 1.54) is 37.1 Å². The second-order valence-electron chi connectivity index (χ2n) is 11.2. The normalized spacial score (nSPS) is 23.2. The van der Waals surface area contributed by atoms with Gasteiger partial charge in [0.15, 0.2) is 6.10 Å². The highest BCUT2D eigenvalue weighted by Gasteiger charge is 2.44. The third-order valence-electron chi connectivity index (χ3n) is 7.09. The van der Waals surface area contributed by atoms with Crippen molar-refractivity contribution in [1.82, 2.24) is 0 Å². The minimum absolute atomic E-state index is 0.0964. The zero-order valence-electron chi connectivity index (χ0n) is 24.6. The molecule has 1 aliphatic rings. The number of esters is 1. The van der Waals surface area contributed by atoms with Crippen molar-refractivity contribution in [3.63, 3.8) is 0 Å². The van der Waals surface area contributed by atoms with Crippen molar-refractivity contribution >= 4 is 23.7 Å². The fraction of sp³-hybridized carbons (Fsp3) is 0.690. The Kier molecular flexibility index (Phi) is 14.6. The molecule has 2 amide bonds. The van der Waals surface area contributed by atoms with E-state index in [4.69, 9.17) is 14.2 Å². The first-order chi connectivity index (χ1) is 19.9. The molecular weight excluding hydrogens is 552 g/mol. The van der Waals surface area contributed by atoms with Crippen molar-refractivity contribution < 1.29 is 58.6 Å². The number of quaternary nitrogens is 1. The summed E-state index contributed by atoms with van der Waals surface area (Å²) in [6.45, 7) is 1.46. The number of carboxylic acids is 1. The van der Waals surface area contributed by atoms with Crippen LogP contribution in [0.25, 0.3) is 0 Å². The number of aliphatic hydroxyl groups excluding tert-OH is 4. The van der Waals surface area contributed by atoms with Gasteiger partial charge in [-0.25, -0.2) is 9.28 Å². The van der Waals surface area contributed by atoms with E-state index in [0.717, 1.165) is 25.7 Å². The Hall–Kier alpha value is -2.81. The molecule has 1 fully saturated rings. The van der Waals surface area contributed by atoms with Crippen LogP contribution in [-0.2, 0) is 19.1 Å². The molecule has 0 spiro atoms. The predicted molar refractivity (Wildman–Crippen MR) is 149 cm³/mol. The van der Waals surface area contributed by atoms with Gasteiger partial charge < -0.3 is 44.5 Å². The number of benzene rings is 1. The lowest BCUT2D eigenvalue weighted by Gasteiger charge is -2.39. The monoisotopic (exact) mass is 598 g/mol. The van der Waals surface area contributed by atoms with E-state index in [1.807, 2.05) is 0 Å². The smallest absolute Gasteiger partial charge is 0.420 e. The number of urea groups is 1. The Morgan fingerprint density at radius 3 is 2.19 bits per heavy atom. The number of aliphatic hydroxyl groups is 4. The largest absolute Gasteiger partial charge is 0.550 e. The van der Waals surface area contributed by atoms with Crippen LogP contribution in [0.15, 0.2) is 24.3 Å². The minimum Gasteiger partial charge on any atom is -0.550 e. The summed E-state index contributed by atoms with van der Waals surface area (Å²) in [5, 5.41) is 53.3. The van der Waals surface area contributed by atoms with E-state index in [-0.39, 0.29) is 23.2 Å². The maximum absolute atomic E-state index is 13.0. The number of ether oxygens (including phenoxy) is 3. The van der Waals surface area contributed by atoms with Crippen LogP contribution < -0.4 is 15.2 Å². The van der Waals surface area contributed by atoms with Gasteiger partial charge in [-0.15, -0.1) is 0 Å². The van der Waals surface area contributed by atoms with Crippen molar-refractivity contribution in [2.24, 2.45) is 0 Å². The molecule has 1 aromatic rings. The Bertz CT molecular complexity index is 986. The Balaban J connectivity index is 1.90. The summed E-state index contributed by atoms with van der Waals surface area (Å²) >= 11 is 0. The van der Waals surface area contributed by atoms with Crippen LogP contribution in [0.1, 0.15) is 64.7 Å². The van der Waals surface area contributed by atoms with Gasteiger partial charge in [0.05, 0.1) is 20.7 Å². The maximum atomic E-state index is 13.0. The molecular formula is C29H46N2O11. The molecule has 42 heavy (non-hydrogen) atoms. The molecule has 0 aromatic heterocycles. The van der Waals surface area contributed by atoms with E-state index in [2.05, 4.69) is 12.2 Å². The highest BCUT2D eigenvalue weighted by atomic mass is 16.7. The van der Waals surface area contributed by atoms with E-state index in [9.17, 15) is 39.9 Å². The topological polar surface area (TPSA) is 195 Å². The van der Waals surface area contributed by atoms with Gasteiger partial charge >= 0.3 is 12.0 Å². The van der Waals surface area contributed by atoms with Crippen LogP contribution in [0.5, 0.6) is 5.75 Å². The number of unbranched alkanes of at least 4 members (excludes halogenated alkanes) is 6. The van der Waals surface area contributed by atoms with E-state index in [1.54, 1.807) is 14.1 Å². The number of rotatable bonds is 17. The molecule has 2 rings (SSSR count). The van der Waals surface area contributed by atoms with Crippen molar-refractivity contribution in [2.75, 3.05) is 32.6 Å². The van der Waals surface area contributed by atoms with Crippen LogP contribution in [0.4, 0.5) is 10.5 Å². The van der Waals surface area contributed by atoms with Gasteiger partial charge in [0, 0.05) is 24.5 Å². The number of aliphatic carboxylic acids is 1. The summed E-state index contributed by atoms with van der Waals surface area (Å²) in [5.74, 6) is -1.68. The summed E-state index contributed by atoms with van der Waals surface area (Å²) in [6, 6.07) is 5.48. The van der Waals surface area contributed by atoms with Gasteiger partial charge in [0.25, 0.3) is 0 Å². The molecule has 13 nitrogen and oxygen atoms in total. The molecule has 0 aliphatic carbocycles. The Labute approximate surface area is 246 Å². The Morgan fingerprint density at radius 1 is 0.976 bits per heavy atom. The zero-order valence-corrected chi connectivity index (χ0v) is 24.6. The van der Waals surface area contributed by atoms with Gasteiger partial charge in [-0.2, -0.15) is 0 Å². The quantitative estimate of drug-likeness (QED) is 0.0960. The van der Waals surface area contributed by atoms with Crippen molar-refractivity contribution in [3.8, 4) is 5.75 Å². The van der Waals surface area contributed by atoms with Crippen molar-refractivity contribution in [3.05, 3.63) is 24.3 Å². The Morgan fingerprint density at radius 2 is 1.60 bits per heavy atom. The molecule has 5 N–H and O–H groups in total. The predicted octanol–water partition coefficient (Wildman–Crippen LogP) is 0.666. The van der Waals surface area contributed by atoms with Gasteiger partial charge in [-0.3, -0.25) is 10.1 Å². The van der Waals surface area contributed by atoms with E-state index < -0.39 is 67.8 Å². The first kappa shape index (κ1) is 35.4. The number of carbonyl (C=O) groups excluding carboxylic acids is 3. The first-order valence-electron chi connectivity index (χ1n) is 14.5. The van der Waals surface area contributed by atoms with Gasteiger partial charge in [0.2, 0.25) is 6.29 Å². The molecule has 13 heteroatoms. The number of anilines is 1. The lowest BCUT2D eigenvalue weighted by molar-refractivity contribution is -0.810. The molecule has 238 valence electrons. The fourth-order valence-corrected chi connectivity index (χ4v) is 4.58. The molecule has 1 heterocycles. The first-order valence-corrected chi connectivity index (χ1v) is 14.5. The summed E-state index contributed by atoms with van der Waals surface area (Å²) in [6.07, 6.45) is -1.35. The highest BCUT2D eigenvalue weighted by molar-refractivity contribution is 5.84. The number of hydrogen-bond donors (Lipinski definition) is 5. The van der Waals surface area contributed by atoms with Gasteiger partial charge in [0.1, 0.15) is 36.7 Å². The van der Waals surface area contributed by atoms with Gasteiger partial charge in [-0.1, -0.05) is 45.4 Å². The average molecular weight is 599 g/mol. The number of amides is 2. The molecule has 1 unspecified atom stereocenters. The van der Waals surface area contributed by atoms with Gasteiger partial charge in [-0.05, 0) is 30.7 Å². The number of nitrogens with zero attached hydrogens (tertiary/aromatic N) is 1. The number of nitrogens with one attached hydrogen (secondary N) is 1. The van der Waals surface area contributed by atoms with Crippen LogP contribution >= 0.6 is 0 Å². The molecule has 0 radical (unpaired) electrons. The zero-order chi connectivity index (χ0) is 31.3. The van der Waals surface area contributed by atoms with Crippen molar-refractivity contribution in [2.45, 2.75) is 102 Å². The fourth-order valence-electron chi connectivity index (χ4n) is 4.58. The molecule has 0 saturated carbocycles. The lowest BCUT2D eigenvalue weighted by Crippen LogP contribution is -2.60. The average Bonchev–Trinajstić information content (AvgIpc) is 2.93. The van der Waals surface area contributed by atoms with Crippen LogP contribution in [-0.4, -0.2) is 107 Å². The van der Waals surface area contributed by atoms with Crippen LogP contribution in [0, 0.1) is 0 Å². The standard InChI is InChI=1S/C29H46N2O11/c1-4-5-6-7-8-9-10-11-24(35)40-21(16-23(33)34)17-31(2,3)29(39)30-19-12-14-20(15-13-19)41-28-27(38)26(37)25(36)22(18-32)42-28/h12-15,21-22,25-28,32,36-38H,4-11,16-18H2,1-3H3,(H-,30,33,34,39)/t21?,22-,25-,26+,27-,28+/m1/s1. The summed E-state index contributed by atoms with van der Waals surface area (Å²) in [4.78, 5) is 36.7. The number of likely N-dealkylation sites (N-methyl/N-ethyl adjacent to an activating group) is 1. The molecule has 0 bridgehead atoms. The summed E-state index contributed by atoms with van der Waals surface area (Å²) in [7, 11) is 3.11. The molecule has 6 atom stereocenters. The number of carboxylic acid groups (broad SMARTS) is 1. The van der Waals surface area contributed by atoms with E-state index in [0.29, 0.717) is 12.1 Å². The third-order valence-corrected chi connectivity index (χ3v) is 7.09. The van der Waals surface area contributed by atoms with E-state index >= 15 is 0 Å². The SMILES string of the molecule is CCCCCCCCCC(=O)OC(CC(=O)[O-])C[N+](C)(C)C(=O)Nc1ccc(O[C@H]2O[C@H](CO)[C@@H](O)[C@H](O)[C@H]2O)cc1. The second-order valence-corrected chi connectivity index (χ2v) is 11.2. The second kappa shape index (κ2) is 17.3. The molecule has 1 aromatic carbocycles. The molecule has 1 saturated heterocycles. The van der Waals surface area contributed by atoms with Crippen LogP contribution in [0.3, 0.4) is 0 Å². The minimum atomic E-state index is -1.58. The lowest BCUT2D eigenvalue weighted by atomic mass is 9.99.